The van der Waals surface area contributed by atoms with Crippen molar-refractivity contribution in [3.63, 3.8) is 0 Å². The lowest BCUT2D eigenvalue weighted by atomic mass is 10.0. The average molecular weight is 358 g/mol. The maximum absolute atomic E-state index is 12.4. The van der Waals surface area contributed by atoms with Crippen molar-refractivity contribution in [3.05, 3.63) is 36.3 Å². The molecule has 3 rings (SSSR count). The molecule has 0 spiro atoms. The predicted molar refractivity (Wildman–Crippen MR) is 96.5 cm³/mol. The smallest absolute Gasteiger partial charge is 0.256 e. The number of pyridine rings is 1. The second kappa shape index (κ2) is 7.52. The molecule has 1 saturated heterocycles. The summed E-state index contributed by atoms with van der Waals surface area (Å²) in [7, 11) is 3.25. The van der Waals surface area contributed by atoms with Crippen LogP contribution in [-0.4, -0.2) is 65.4 Å². The van der Waals surface area contributed by atoms with E-state index in [1.54, 1.807) is 25.4 Å². The van der Waals surface area contributed by atoms with Crippen LogP contribution in [0.1, 0.15) is 16.8 Å². The number of anilines is 2. The highest BCUT2D eigenvalue weighted by atomic mass is 16.5. The number of methoxy groups -OCH3 is 1. The molecule has 0 bridgehead atoms. The van der Waals surface area contributed by atoms with Crippen molar-refractivity contribution in [2.75, 3.05) is 44.0 Å². The fourth-order valence-corrected chi connectivity index (χ4v) is 2.92. The molecule has 9 nitrogen and oxygen atoms in total. The summed E-state index contributed by atoms with van der Waals surface area (Å²) in [5, 5.41) is 16.5. The summed E-state index contributed by atoms with van der Waals surface area (Å²) in [5.74, 6) is 1.37. The first kappa shape index (κ1) is 17.9. The summed E-state index contributed by atoms with van der Waals surface area (Å²) >= 11 is 0. The van der Waals surface area contributed by atoms with Crippen molar-refractivity contribution in [1.29, 1.82) is 0 Å². The van der Waals surface area contributed by atoms with Crippen LogP contribution >= 0.6 is 0 Å². The molecular formula is C17H22N6O3. The van der Waals surface area contributed by atoms with E-state index in [1.165, 1.54) is 13.4 Å². The Morgan fingerprint density at radius 3 is 3.04 bits per heavy atom. The number of amides is 1. The van der Waals surface area contributed by atoms with Crippen molar-refractivity contribution in [2.24, 2.45) is 0 Å². The molecule has 9 heteroatoms. The molecule has 1 aliphatic rings. The number of aromatic nitrogens is 3. The number of carbonyl (C=O) groups excluding carboxylic acids is 1. The molecule has 1 atom stereocenters. The second-order valence-corrected chi connectivity index (χ2v) is 6.15. The van der Waals surface area contributed by atoms with E-state index < -0.39 is 5.60 Å². The third-order valence-electron chi connectivity index (χ3n) is 4.35. The molecule has 0 saturated carbocycles. The molecule has 1 aliphatic heterocycles. The van der Waals surface area contributed by atoms with Gasteiger partial charge in [-0.1, -0.05) is 0 Å². The lowest BCUT2D eigenvalue weighted by Gasteiger charge is -2.24. The van der Waals surface area contributed by atoms with Gasteiger partial charge in [0.1, 0.15) is 29.1 Å². The predicted octanol–water partition coefficient (Wildman–Crippen LogP) is 0.293. The minimum atomic E-state index is -1.03. The molecule has 0 radical (unpaired) electrons. The van der Waals surface area contributed by atoms with Gasteiger partial charge in [-0.2, -0.15) is 0 Å². The van der Waals surface area contributed by atoms with Gasteiger partial charge in [0.25, 0.3) is 5.91 Å². The molecule has 2 aromatic rings. The molecule has 3 heterocycles. The lowest BCUT2D eigenvalue weighted by molar-refractivity contribution is 0.0574. The zero-order valence-corrected chi connectivity index (χ0v) is 14.8. The van der Waals surface area contributed by atoms with Gasteiger partial charge in [0.05, 0.1) is 7.11 Å². The number of carbonyl (C=O) groups is 1. The second-order valence-electron chi connectivity index (χ2n) is 6.15. The van der Waals surface area contributed by atoms with Crippen LogP contribution < -0.4 is 20.3 Å². The fourth-order valence-electron chi connectivity index (χ4n) is 2.92. The molecule has 0 aliphatic carbocycles. The van der Waals surface area contributed by atoms with E-state index in [0.717, 1.165) is 5.82 Å². The maximum Gasteiger partial charge on any atom is 0.256 e. The van der Waals surface area contributed by atoms with Crippen molar-refractivity contribution < 1.29 is 14.6 Å². The van der Waals surface area contributed by atoms with E-state index >= 15 is 0 Å². The highest BCUT2D eigenvalue weighted by Crippen LogP contribution is 2.26. The van der Waals surface area contributed by atoms with E-state index in [9.17, 15) is 9.90 Å². The molecule has 26 heavy (non-hydrogen) atoms. The van der Waals surface area contributed by atoms with Crippen LogP contribution in [0.5, 0.6) is 5.88 Å². The van der Waals surface area contributed by atoms with Crippen LogP contribution in [0.15, 0.2) is 30.7 Å². The highest BCUT2D eigenvalue weighted by molar-refractivity contribution is 5.96. The summed E-state index contributed by atoms with van der Waals surface area (Å²) in [6.45, 7) is 1.14. The molecule has 0 unspecified atom stereocenters. The van der Waals surface area contributed by atoms with Gasteiger partial charge in [0.2, 0.25) is 5.88 Å². The Bertz CT molecular complexity index is 787. The van der Waals surface area contributed by atoms with Crippen molar-refractivity contribution in [3.8, 4) is 5.88 Å². The van der Waals surface area contributed by atoms with Crippen LogP contribution in [0, 0.1) is 0 Å². The molecule has 1 fully saturated rings. The zero-order valence-electron chi connectivity index (χ0n) is 14.8. The van der Waals surface area contributed by atoms with Gasteiger partial charge in [0, 0.05) is 38.9 Å². The van der Waals surface area contributed by atoms with Gasteiger partial charge < -0.3 is 25.4 Å². The first-order valence-corrected chi connectivity index (χ1v) is 8.29. The first-order chi connectivity index (χ1) is 12.5. The Balaban J connectivity index is 1.62. The van der Waals surface area contributed by atoms with Crippen LogP contribution in [0.25, 0.3) is 0 Å². The van der Waals surface area contributed by atoms with Gasteiger partial charge in [-0.3, -0.25) is 4.79 Å². The Labute approximate surface area is 151 Å². The Morgan fingerprint density at radius 1 is 1.42 bits per heavy atom. The largest absolute Gasteiger partial charge is 0.480 e. The van der Waals surface area contributed by atoms with Gasteiger partial charge in [0.15, 0.2) is 0 Å². The topological polar surface area (TPSA) is 112 Å². The van der Waals surface area contributed by atoms with Gasteiger partial charge >= 0.3 is 0 Å². The van der Waals surface area contributed by atoms with E-state index in [4.69, 9.17) is 4.74 Å². The minimum absolute atomic E-state index is 0.129. The molecule has 0 aromatic carbocycles. The number of rotatable bonds is 6. The molecule has 138 valence electrons. The number of β-amino-alcohol motifs (C(OH)–C–C–N with tert-alkyl or cyclic N) is 1. The third-order valence-corrected chi connectivity index (χ3v) is 4.35. The Kier molecular flexibility index (Phi) is 5.17. The van der Waals surface area contributed by atoms with Crippen molar-refractivity contribution in [1.82, 2.24) is 20.3 Å². The number of ether oxygens (including phenoxy) is 1. The van der Waals surface area contributed by atoms with Gasteiger partial charge in [-0.15, -0.1) is 0 Å². The normalized spacial score (nSPS) is 19.3. The monoisotopic (exact) mass is 358 g/mol. The summed E-state index contributed by atoms with van der Waals surface area (Å²) < 4.78 is 5.10. The summed E-state index contributed by atoms with van der Waals surface area (Å²) in [6.07, 6.45) is 3.56. The van der Waals surface area contributed by atoms with E-state index in [-0.39, 0.29) is 18.3 Å². The summed E-state index contributed by atoms with van der Waals surface area (Å²) in [6, 6.07) is 5.12. The minimum Gasteiger partial charge on any atom is -0.480 e. The summed E-state index contributed by atoms with van der Waals surface area (Å²) in [5.41, 5.74) is -0.696. The van der Waals surface area contributed by atoms with Gasteiger partial charge in [-0.25, -0.2) is 15.0 Å². The van der Waals surface area contributed by atoms with E-state index in [1.807, 2.05) is 11.0 Å². The quantitative estimate of drug-likeness (QED) is 0.676. The number of hydrogen-bond acceptors (Lipinski definition) is 8. The Morgan fingerprint density at radius 2 is 2.27 bits per heavy atom. The SMILES string of the molecule is CNc1cc(N2CC[C@@](O)(CNC(=O)c3cccnc3OC)C2)ncn1. The number of nitrogens with zero attached hydrogens (tertiary/aromatic N) is 4. The first-order valence-electron chi connectivity index (χ1n) is 8.29. The van der Waals surface area contributed by atoms with E-state index in [2.05, 4.69) is 25.6 Å². The van der Waals surface area contributed by atoms with Gasteiger partial charge in [-0.05, 0) is 18.6 Å². The van der Waals surface area contributed by atoms with Crippen LogP contribution in [0.4, 0.5) is 11.6 Å². The highest BCUT2D eigenvalue weighted by Gasteiger charge is 2.37. The molecule has 3 N–H and O–H groups in total. The summed E-state index contributed by atoms with van der Waals surface area (Å²) in [4.78, 5) is 26.7. The van der Waals surface area contributed by atoms with Crippen LogP contribution in [0.2, 0.25) is 0 Å². The standard InChI is InChI=1S/C17H22N6O3/c1-18-13-8-14(22-11-21-13)23-7-5-17(25,10-23)9-20-15(24)12-4-3-6-19-16(12)26-2/h3-4,6,8,11,25H,5,7,9-10H2,1-2H3,(H,20,24)(H,18,21,22)/t17-/m1/s1. The van der Waals surface area contributed by atoms with Crippen LogP contribution in [-0.2, 0) is 0 Å². The maximum atomic E-state index is 12.4. The number of aliphatic hydroxyl groups is 1. The number of nitrogens with one attached hydrogen (secondary N) is 2. The van der Waals surface area contributed by atoms with E-state index in [0.29, 0.717) is 30.9 Å². The fraction of sp³-hybridized carbons (Fsp3) is 0.412. The third kappa shape index (κ3) is 3.83. The van der Waals surface area contributed by atoms with Crippen molar-refractivity contribution in [2.45, 2.75) is 12.0 Å². The molecule has 2 aromatic heterocycles. The molecule has 1 amide bonds. The van der Waals surface area contributed by atoms with Crippen LogP contribution in [0.3, 0.4) is 0 Å². The number of hydrogen-bond donors (Lipinski definition) is 3. The Hall–Kier alpha value is -2.94. The molecular weight excluding hydrogens is 336 g/mol. The van der Waals surface area contributed by atoms with Crippen molar-refractivity contribution >= 4 is 17.5 Å². The lowest BCUT2D eigenvalue weighted by Crippen LogP contribution is -2.45. The zero-order chi connectivity index (χ0) is 18.6. The average Bonchev–Trinajstić information content (AvgIpc) is 3.08.